The first-order chi connectivity index (χ1) is 9.19. The SMILES string of the molecule is N#Cc1cccc(NC(=O)Cn2cnccc2=O)c1. The minimum Gasteiger partial charge on any atom is -0.324 e. The quantitative estimate of drug-likeness (QED) is 0.875. The molecule has 6 heteroatoms. The summed E-state index contributed by atoms with van der Waals surface area (Å²) in [5.74, 6) is -0.356. The lowest BCUT2D eigenvalue weighted by Gasteiger charge is -2.06. The van der Waals surface area contributed by atoms with Gasteiger partial charge >= 0.3 is 0 Å². The second-order valence-corrected chi connectivity index (χ2v) is 3.79. The third kappa shape index (κ3) is 3.26. The fraction of sp³-hybridized carbons (Fsp3) is 0.0769. The number of amides is 1. The van der Waals surface area contributed by atoms with E-state index in [0.717, 1.165) is 0 Å². The van der Waals surface area contributed by atoms with Gasteiger partial charge in [-0.1, -0.05) is 6.07 Å². The normalized spacial score (nSPS) is 9.63. The fourth-order valence-electron chi connectivity index (χ4n) is 1.52. The lowest BCUT2D eigenvalue weighted by molar-refractivity contribution is -0.116. The summed E-state index contributed by atoms with van der Waals surface area (Å²) < 4.78 is 1.20. The number of nitrogens with zero attached hydrogens (tertiary/aromatic N) is 3. The predicted octanol–water partition coefficient (Wildman–Crippen LogP) is 0.754. The zero-order chi connectivity index (χ0) is 13.7. The first kappa shape index (κ1) is 12.5. The third-order valence-corrected chi connectivity index (χ3v) is 2.38. The van der Waals surface area contributed by atoms with Crippen LogP contribution in [0.2, 0.25) is 0 Å². The Hall–Kier alpha value is -2.94. The molecule has 0 radical (unpaired) electrons. The minimum absolute atomic E-state index is 0.122. The summed E-state index contributed by atoms with van der Waals surface area (Å²) >= 11 is 0. The molecule has 2 aromatic rings. The number of nitriles is 1. The molecule has 0 aliphatic heterocycles. The zero-order valence-electron chi connectivity index (χ0n) is 9.91. The van der Waals surface area contributed by atoms with E-state index in [4.69, 9.17) is 5.26 Å². The molecule has 94 valence electrons. The van der Waals surface area contributed by atoms with Crippen molar-refractivity contribution < 1.29 is 4.79 Å². The van der Waals surface area contributed by atoms with E-state index in [2.05, 4.69) is 10.3 Å². The van der Waals surface area contributed by atoms with Gasteiger partial charge in [0.15, 0.2) is 0 Å². The van der Waals surface area contributed by atoms with Gasteiger partial charge in [-0.2, -0.15) is 5.26 Å². The third-order valence-electron chi connectivity index (χ3n) is 2.38. The Balaban J connectivity index is 2.08. The van der Waals surface area contributed by atoms with Gasteiger partial charge in [-0.25, -0.2) is 4.98 Å². The Morgan fingerprint density at radius 1 is 1.42 bits per heavy atom. The Morgan fingerprint density at radius 3 is 3.00 bits per heavy atom. The number of aromatic nitrogens is 2. The minimum atomic E-state index is -0.356. The maximum atomic E-state index is 11.8. The van der Waals surface area contributed by atoms with Crippen LogP contribution in [0.4, 0.5) is 5.69 Å². The molecule has 0 fully saturated rings. The lowest BCUT2D eigenvalue weighted by Crippen LogP contribution is -2.26. The van der Waals surface area contributed by atoms with Crippen molar-refractivity contribution in [3.63, 3.8) is 0 Å². The molecular formula is C13H10N4O2. The summed E-state index contributed by atoms with van der Waals surface area (Å²) in [4.78, 5) is 26.9. The summed E-state index contributed by atoms with van der Waals surface area (Å²) in [6.07, 6.45) is 2.67. The Labute approximate surface area is 108 Å². The Bertz CT molecular complexity index is 700. The van der Waals surface area contributed by atoms with E-state index in [1.54, 1.807) is 24.3 Å². The summed E-state index contributed by atoms with van der Waals surface area (Å²) in [6.45, 7) is -0.122. The monoisotopic (exact) mass is 254 g/mol. The Morgan fingerprint density at radius 2 is 2.26 bits per heavy atom. The van der Waals surface area contributed by atoms with E-state index in [1.807, 2.05) is 6.07 Å². The fourth-order valence-corrected chi connectivity index (χ4v) is 1.52. The van der Waals surface area contributed by atoms with E-state index in [-0.39, 0.29) is 18.0 Å². The molecule has 0 saturated carbocycles. The van der Waals surface area contributed by atoms with Crippen molar-refractivity contribution in [3.8, 4) is 6.07 Å². The van der Waals surface area contributed by atoms with Gasteiger partial charge in [-0.3, -0.25) is 14.2 Å². The van der Waals surface area contributed by atoms with E-state index in [1.165, 1.54) is 23.2 Å². The molecule has 0 unspecified atom stereocenters. The largest absolute Gasteiger partial charge is 0.324 e. The van der Waals surface area contributed by atoms with Gasteiger partial charge in [0, 0.05) is 18.0 Å². The van der Waals surface area contributed by atoms with Crippen LogP contribution < -0.4 is 10.9 Å². The first-order valence-electron chi connectivity index (χ1n) is 5.49. The molecule has 0 atom stereocenters. The van der Waals surface area contributed by atoms with Crippen molar-refractivity contribution in [2.24, 2.45) is 0 Å². The van der Waals surface area contributed by atoms with Gasteiger partial charge in [0.1, 0.15) is 6.54 Å². The van der Waals surface area contributed by atoms with Gasteiger partial charge in [0.2, 0.25) is 5.91 Å². The molecule has 1 aromatic carbocycles. The van der Waals surface area contributed by atoms with E-state index in [0.29, 0.717) is 11.3 Å². The van der Waals surface area contributed by atoms with Gasteiger partial charge in [0.05, 0.1) is 18.0 Å². The highest BCUT2D eigenvalue weighted by Gasteiger charge is 2.05. The van der Waals surface area contributed by atoms with Crippen molar-refractivity contribution in [3.05, 3.63) is 58.8 Å². The summed E-state index contributed by atoms with van der Waals surface area (Å²) in [5.41, 5.74) is 0.674. The molecular weight excluding hydrogens is 244 g/mol. The average Bonchev–Trinajstić information content (AvgIpc) is 2.41. The second-order valence-electron chi connectivity index (χ2n) is 3.79. The number of benzene rings is 1. The zero-order valence-corrected chi connectivity index (χ0v) is 9.91. The van der Waals surface area contributed by atoms with Crippen molar-refractivity contribution in [2.45, 2.75) is 6.54 Å². The second kappa shape index (κ2) is 5.60. The van der Waals surface area contributed by atoms with Gasteiger partial charge in [-0.05, 0) is 18.2 Å². The number of carbonyl (C=O) groups excluding carboxylic acids is 1. The lowest BCUT2D eigenvalue weighted by atomic mass is 10.2. The van der Waals surface area contributed by atoms with E-state index >= 15 is 0 Å². The Kier molecular flexibility index (Phi) is 3.69. The summed E-state index contributed by atoms with van der Waals surface area (Å²) in [6, 6.07) is 9.81. The topological polar surface area (TPSA) is 87.8 Å². The molecule has 1 N–H and O–H groups in total. The molecule has 6 nitrogen and oxygen atoms in total. The molecule has 19 heavy (non-hydrogen) atoms. The molecule has 0 bridgehead atoms. The molecule has 1 aromatic heterocycles. The van der Waals surface area contributed by atoms with Crippen LogP contribution in [0.5, 0.6) is 0 Å². The molecule has 2 rings (SSSR count). The van der Waals surface area contributed by atoms with Crippen LogP contribution in [0, 0.1) is 11.3 Å². The average molecular weight is 254 g/mol. The molecule has 0 spiro atoms. The highest BCUT2D eigenvalue weighted by atomic mass is 16.2. The number of hydrogen-bond donors (Lipinski definition) is 1. The van der Waals surface area contributed by atoms with Crippen LogP contribution in [0.1, 0.15) is 5.56 Å². The van der Waals surface area contributed by atoms with Crippen molar-refractivity contribution in [1.29, 1.82) is 5.26 Å². The van der Waals surface area contributed by atoms with E-state index < -0.39 is 0 Å². The van der Waals surface area contributed by atoms with Gasteiger partial charge in [-0.15, -0.1) is 0 Å². The number of rotatable bonds is 3. The van der Waals surface area contributed by atoms with Crippen LogP contribution in [0.15, 0.2) is 47.7 Å². The van der Waals surface area contributed by atoms with E-state index in [9.17, 15) is 9.59 Å². The highest BCUT2D eigenvalue weighted by Crippen LogP contribution is 2.09. The maximum absolute atomic E-state index is 11.8. The summed E-state index contributed by atoms with van der Waals surface area (Å²) in [5, 5.41) is 11.4. The maximum Gasteiger partial charge on any atom is 0.253 e. The smallest absolute Gasteiger partial charge is 0.253 e. The van der Waals surface area contributed by atoms with Gasteiger partial charge < -0.3 is 5.32 Å². The predicted molar refractivity (Wildman–Crippen MR) is 68.3 cm³/mol. The summed E-state index contributed by atoms with van der Waals surface area (Å²) in [7, 11) is 0. The van der Waals surface area contributed by atoms with Crippen LogP contribution in [-0.2, 0) is 11.3 Å². The molecule has 0 aliphatic rings. The molecule has 1 amide bonds. The van der Waals surface area contributed by atoms with Crippen LogP contribution in [0.3, 0.4) is 0 Å². The molecule has 0 saturated heterocycles. The van der Waals surface area contributed by atoms with Crippen molar-refractivity contribution in [2.75, 3.05) is 5.32 Å². The van der Waals surface area contributed by atoms with Gasteiger partial charge in [0.25, 0.3) is 5.56 Å². The van der Waals surface area contributed by atoms with Crippen LogP contribution in [-0.4, -0.2) is 15.5 Å². The number of anilines is 1. The highest BCUT2D eigenvalue weighted by molar-refractivity contribution is 5.90. The molecule has 0 aliphatic carbocycles. The van der Waals surface area contributed by atoms with Crippen molar-refractivity contribution >= 4 is 11.6 Å². The van der Waals surface area contributed by atoms with Crippen molar-refractivity contribution in [1.82, 2.24) is 9.55 Å². The standard InChI is InChI=1S/C13H10N4O2/c14-7-10-2-1-3-11(6-10)16-12(18)8-17-9-15-5-4-13(17)19/h1-6,9H,8H2,(H,16,18). The number of hydrogen-bond acceptors (Lipinski definition) is 4. The number of nitrogens with one attached hydrogen (secondary N) is 1. The number of carbonyl (C=O) groups is 1. The molecule has 1 heterocycles. The first-order valence-corrected chi connectivity index (χ1v) is 5.49. The van der Waals surface area contributed by atoms with Crippen LogP contribution in [0.25, 0.3) is 0 Å². The van der Waals surface area contributed by atoms with Crippen LogP contribution >= 0.6 is 0 Å².